The van der Waals surface area contributed by atoms with Crippen molar-refractivity contribution in [1.29, 1.82) is 5.26 Å². The van der Waals surface area contributed by atoms with Gasteiger partial charge < -0.3 is 10.1 Å². The molecule has 0 saturated carbocycles. The molecule has 0 unspecified atom stereocenters. The zero-order valence-electron chi connectivity index (χ0n) is 14.8. The number of benzene rings is 1. The van der Waals surface area contributed by atoms with Gasteiger partial charge in [-0.25, -0.2) is 0 Å². The summed E-state index contributed by atoms with van der Waals surface area (Å²) in [5, 5.41) is 12.7. The molecule has 1 aromatic rings. The number of carbonyl (C=O) groups is 1. The van der Waals surface area contributed by atoms with E-state index in [0.717, 1.165) is 18.7 Å². The molecule has 0 aliphatic carbocycles. The van der Waals surface area contributed by atoms with Gasteiger partial charge in [-0.1, -0.05) is 25.4 Å². The van der Waals surface area contributed by atoms with Gasteiger partial charge in [0.1, 0.15) is 11.3 Å². The smallest absolute Gasteiger partial charge is 0.235 e. The molecule has 132 valence electrons. The summed E-state index contributed by atoms with van der Waals surface area (Å²) in [6.45, 7) is 7.13. The summed E-state index contributed by atoms with van der Waals surface area (Å²) in [7, 11) is 1.88. The molecule has 1 atom stereocenters. The predicted molar refractivity (Wildman–Crippen MR) is 96.1 cm³/mol. The van der Waals surface area contributed by atoms with E-state index in [1.807, 2.05) is 37.9 Å². The standard InChI is InChI=1S/C18H26ClN3O2/c1-14(2)18(3,13-20)21-17(23)12-22(4)10-5-11-24-16-8-6-15(19)7-9-16/h6-9,14H,5,10-12H2,1-4H3,(H,21,23)/t18-/m1/s1. The number of halogens is 1. The number of likely N-dealkylation sites (N-methyl/N-ethyl adjacent to an activating group) is 1. The minimum absolute atomic E-state index is 0.0459. The molecule has 6 heteroatoms. The monoisotopic (exact) mass is 351 g/mol. The molecule has 1 amide bonds. The Morgan fingerprint density at radius 3 is 2.58 bits per heavy atom. The molecule has 0 heterocycles. The average molecular weight is 352 g/mol. The van der Waals surface area contributed by atoms with Crippen LogP contribution in [0.25, 0.3) is 0 Å². The van der Waals surface area contributed by atoms with Crippen LogP contribution in [0.15, 0.2) is 24.3 Å². The Kier molecular flexibility index (Phi) is 8.03. The molecule has 1 aromatic carbocycles. The first-order chi connectivity index (χ1) is 11.3. The number of rotatable bonds is 9. The number of hydrogen-bond donors (Lipinski definition) is 1. The van der Waals surface area contributed by atoms with E-state index >= 15 is 0 Å². The van der Waals surface area contributed by atoms with Crippen LogP contribution in [0, 0.1) is 17.2 Å². The molecule has 1 N–H and O–H groups in total. The van der Waals surface area contributed by atoms with E-state index in [9.17, 15) is 10.1 Å². The first-order valence-corrected chi connectivity index (χ1v) is 8.44. The van der Waals surface area contributed by atoms with Crippen LogP contribution < -0.4 is 10.1 Å². The van der Waals surface area contributed by atoms with Crippen molar-refractivity contribution in [2.24, 2.45) is 5.92 Å². The minimum Gasteiger partial charge on any atom is -0.494 e. The maximum absolute atomic E-state index is 12.1. The molecule has 0 spiro atoms. The average Bonchev–Trinajstić information content (AvgIpc) is 2.52. The highest BCUT2D eigenvalue weighted by molar-refractivity contribution is 6.30. The van der Waals surface area contributed by atoms with Crippen LogP contribution in [-0.2, 0) is 4.79 Å². The summed E-state index contributed by atoms with van der Waals surface area (Å²) in [5.74, 6) is 0.680. The lowest BCUT2D eigenvalue weighted by atomic mass is 9.90. The highest BCUT2D eigenvalue weighted by atomic mass is 35.5. The Labute approximate surface area is 149 Å². The largest absolute Gasteiger partial charge is 0.494 e. The van der Waals surface area contributed by atoms with Crippen molar-refractivity contribution in [2.45, 2.75) is 32.7 Å². The molecule has 0 radical (unpaired) electrons. The first kappa shape index (κ1) is 20.3. The fraction of sp³-hybridized carbons (Fsp3) is 0.556. The number of amides is 1. The minimum atomic E-state index is -0.838. The first-order valence-electron chi connectivity index (χ1n) is 8.06. The fourth-order valence-corrected chi connectivity index (χ4v) is 2.14. The third kappa shape index (κ3) is 6.77. The Morgan fingerprint density at radius 1 is 1.42 bits per heavy atom. The van der Waals surface area contributed by atoms with Crippen LogP contribution in [0.5, 0.6) is 5.75 Å². The van der Waals surface area contributed by atoms with Gasteiger partial charge in [-0.05, 0) is 50.6 Å². The molecular weight excluding hydrogens is 326 g/mol. The van der Waals surface area contributed by atoms with Gasteiger partial charge in [0.2, 0.25) is 5.91 Å². The van der Waals surface area contributed by atoms with E-state index < -0.39 is 5.54 Å². The molecule has 0 aromatic heterocycles. The Bertz CT molecular complexity index is 569. The van der Waals surface area contributed by atoms with Crippen LogP contribution in [-0.4, -0.2) is 43.1 Å². The lowest BCUT2D eigenvalue weighted by Gasteiger charge is -2.28. The second kappa shape index (κ2) is 9.51. The third-order valence-corrected chi connectivity index (χ3v) is 4.22. The quantitative estimate of drug-likeness (QED) is 0.694. The molecule has 0 aliphatic heterocycles. The van der Waals surface area contributed by atoms with Crippen LogP contribution in [0.2, 0.25) is 5.02 Å². The van der Waals surface area contributed by atoms with E-state index in [4.69, 9.17) is 16.3 Å². The fourth-order valence-electron chi connectivity index (χ4n) is 2.01. The molecular formula is C18H26ClN3O2. The summed E-state index contributed by atoms with van der Waals surface area (Å²) >= 11 is 5.82. The zero-order chi connectivity index (χ0) is 18.2. The molecule has 24 heavy (non-hydrogen) atoms. The summed E-state index contributed by atoms with van der Waals surface area (Å²) in [6, 6.07) is 9.40. The van der Waals surface area contributed by atoms with E-state index in [-0.39, 0.29) is 18.4 Å². The molecule has 0 bridgehead atoms. The number of nitrogens with zero attached hydrogens (tertiary/aromatic N) is 2. The topological polar surface area (TPSA) is 65.4 Å². The lowest BCUT2D eigenvalue weighted by Crippen LogP contribution is -2.51. The highest BCUT2D eigenvalue weighted by Crippen LogP contribution is 2.16. The predicted octanol–water partition coefficient (Wildman–Crippen LogP) is 3.10. The second-order valence-corrected chi connectivity index (χ2v) is 6.85. The van der Waals surface area contributed by atoms with Gasteiger partial charge in [0.15, 0.2) is 0 Å². The van der Waals surface area contributed by atoms with E-state index in [1.165, 1.54) is 0 Å². The molecule has 0 aliphatic rings. The number of nitriles is 1. The third-order valence-electron chi connectivity index (χ3n) is 3.97. The maximum Gasteiger partial charge on any atom is 0.235 e. The Balaban J connectivity index is 2.28. The SMILES string of the molecule is CC(C)[C@@](C)(C#N)NC(=O)CN(C)CCCOc1ccc(Cl)cc1. The van der Waals surface area contributed by atoms with Crippen molar-refractivity contribution >= 4 is 17.5 Å². The highest BCUT2D eigenvalue weighted by Gasteiger charge is 2.30. The lowest BCUT2D eigenvalue weighted by molar-refractivity contribution is -0.123. The summed E-state index contributed by atoms with van der Waals surface area (Å²) in [6.07, 6.45) is 0.798. The summed E-state index contributed by atoms with van der Waals surface area (Å²) < 4.78 is 5.62. The van der Waals surface area contributed by atoms with Gasteiger partial charge >= 0.3 is 0 Å². The van der Waals surface area contributed by atoms with Crippen molar-refractivity contribution in [1.82, 2.24) is 10.2 Å². The van der Waals surface area contributed by atoms with Crippen molar-refractivity contribution in [3.63, 3.8) is 0 Å². The van der Waals surface area contributed by atoms with Gasteiger partial charge in [0.25, 0.3) is 0 Å². The summed E-state index contributed by atoms with van der Waals surface area (Å²) in [5.41, 5.74) is -0.838. The van der Waals surface area contributed by atoms with E-state index in [1.54, 1.807) is 19.1 Å². The second-order valence-electron chi connectivity index (χ2n) is 6.41. The van der Waals surface area contributed by atoms with Crippen LogP contribution >= 0.6 is 11.6 Å². The zero-order valence-corrected chi connectivity index (χ0v) is 15.6. The van der Waals surface area contributed by atoms with Crippen molar-refractivity contribution < 1.29 is 9.53 Å². The molecule has 0 fully saturated rings. The van der Waals surface area contributed by atoms with Gasteiger partial charge in [-0.15, -0.1) is 0 Å². The molecule has 1 rings (SSSR count). The maximum atomic E-state index is 12.1. The molecule has 0 saturated heterocycles. The number of nitrogens with one attached hydrogen (secondary N) is 1. The van der Waals surface area contributed by atoms with Crippen LogP contribution in [0.3, 0.4) is 0 Å². The van der Waals surface area contributed by atoms with Gasteiger partial charge in [0.05, 0.1) is 19.2 Å². The molecule has 5 nitrogen and oxygen atoms in total. The van der Waals surface area contributed by atoms with Crippen molar-refractivity contribution in [3.8, 4) is 11.8 Å². The van der Waals surface area contributed by atoms with Gasteiger partial charge in [-0.2, -0.15) is 5.26 Å². The Morgan fingerprint density at radius 2 is 2.04 bits per heavy atom. The van der Waals surface area contributed by atoms with Gasteiger partial charge in [-0.3, -0.25) is 9.69 Å². The normalized spacial score (nSPS) is 13.4. The Hall–Kier alpha value is -1.77. The van der Waals surface area contributed by atoms with E-state index in [2.05, 4.69) is 11.4 Å². The summed E-state index contributed by atoms with van der Waals surface area (Å²) in [4.78, 5) is 14.0. The van der Waals surface area contributed by atoms with E-state index in [0.29, 0.717) is 11.6 Å². The van der Waals surface area contributed by atoms with Crippen molar-refractivity contribution in [3.05, 3.63) is 29.3 Å². The van der Waals surface area contributed by atoms with Crippen molar-refractivity contribution in [2.75, 3.05) is 26.7 Å². The number of hydrogen-bond acceptors (Lipinski definition) is 4. The van der Waals surface area contributed by atoms with Crippen LogP contribution in [0.1, 0.15) is 27.2 Å². The van der Waals surface area contributed by atoms with Crippen LogP contribution in [0.4, 0.5) is 0 Å². The number of ether oxygens (including phenoxy) is 1. The number of carbonyl (C=O) groups excluding carboxylic acids is 1. The van der Waals surface area contributed by atoms with Gasteiger partial charge in [0, 0.05) is 11.6 Å².